The molecule has 2 aromatic rings. The van der Waals surface area contributed by atoms with Crippen molar-refractivity contribution in [1.82, 2.24) is 4.98 Å². The Morgan fingerprint density at radius 3 is 2.30 bits per heavy atom. The van der Waals surface area contributed by atoms with Gasteiger partial charge in [0.15, 0.2) is 0 Å². The van der Waals surface area contributed by atoms with Gasteiger partial charge in [-0.3, -0.25) is 20.2 Å². The lowest BCUT2D eigenvalue weighted by molar-refractivity contribution is -0.394. The summed E-state index contributed by atoms with van der Waals surface area (Å²) in [6.45, 7) is 3.78. The summed E-state index contributed by atoms with van der Waals surface area (Å²) < 4.78 is 0. The van der Waals surface area contributed by atoms with Gasteiger partial charge in [-0.1, -0.05) is 36.9 Å². The fraction of sp³-hybridized carbons (Fsp3) is 0. The highest BCUT2D eigenvalue weighted by atomic mass is 16.6. The number of pyridine rings is 1. The highest BCUT2D eigenvalue weighted by Crippen LogP contribution is 2.30. The molecule has 0 amide bonds. The predicted octanol–water partition coefficient (Wildman–Crippen LogP) is 2.96. The van der Waals surface area contributed by atoms with Crippen molar-refractivity contribution in [3.8, 4) is 0 Å². The lowest BCUT2D eigenvalue weighted by atomic mass is 10.0. The maximum Gasteiger partial charge on any atom is 0.302 e. The second-order valence-electron chi connectivity index (χ2n) is 3.92. The van der Waals surface area contributed by atoms with Crippen LogP contribution in [0.5, 0.6) is 0 Å². The van der Waals surface area contributed by atoms with Gasteiger partial charge in [-0.25, -0.2) is 4.98 Å². The van der Waals surface area contributed by atoms with Crippen molar-refractivity contribution in [3.05, 3.63) is 80.7 Å². The van der Waals surface area contributed by atoms with E-state index in [0.717, 1.165) is 12.3 Å². The van der Waals surface area contributed by atoms with E-state index in [-0.39, 0.29) is 5.69 Å². The largest absolute Gasteiger partial charge is 0.302 e. The SMILES string of the molecule is C=C(c1ccccc1)c1ncc([N+](=O)[O-])cc1[N+](=O)[O-]. The zero-order valence-electron chi connectivity index (χ0n) is 10.2. The van der Waals surface area contributed by atoms with Crippen LogP contribution in [0.2, 0.25) is 0 Å². The van der Waals surface area contributed by atoms with Crippen molar-refractivity contribution in [2.75, 3.05) is 0 Å². The summed E-state index contributed by atoms with van der Waals surface area (Å²) in [5.41, 5.74) is 0.158. The van der Waals surface area contributed by atoms with E-state index in [0.29, 0.717) is 11.1 Å². The lowest BCUT2D eigenvalue weighted by Crippen LogP contribution is -2.00. The first-order chi connectivity index (χ1) is 9.50. The number of hydrogen-bond donors (Lipinski definition) is 0. The van der Waals surface area contributed by atoms with Gasteiger partial charge in [-0.2, -0.15) is 0 Å². The molecule has 1 heterocycles. The Morgan fingerprint density at radius 2 is 1.75 bits per heavy atom. The fourth-order valence-electron chi connectivity index (χ4n) is 1.69. The van der Waals surface area contributed by atoms with Crippen LogP contribution in [0.4, 0.5) is 11.4 Å². The molecule has 0 unspecified atom stereocenters. The Morgan fingerprint density at radius 1 is 1.10 bits per heavy atom. The van der Waals surface area contributed by atoms with Crippen molar-refractivity contribution in [2.24, 2.45) is 0 Å². The van der Waals surface area contributed by atoms with Crippen molar-refractivity contribution in [3.63, 3.8) is 0 Å². The molecule has 0 N–H and O–H groups in total. The van der Waals surface area contributed by atoms with Gasteiger partial charge in [0.05, 0.1) is 15.9 Å². The van der Waals surface area contributed by atoms with E-state index in [4.69, 9.17) is 0 Å². The maximum atomic E-state index is 11.0. The van der Waals surface area contributed by atoms with Crippen LogP contribution in [-0.4, -0.2) is 14.8 Å². The molecule has 0 aliphatic rings. The van der Waals surface area contributed by atoms with E-state index in [2.05, 4.69) is 11.6 Å². The van der Waals surface area contributed by atoms with Crippen molar-refractivity contribution in [1.29, 1.82) is 0 Å². The summed E-state index contributed by atoms with van der Waals surface area (Å²) in [6, 6.07) is 9.67. The third-order valence-corrected chi connectivity index (χ3v) is 2.67. The Labute approximate surface area is 113 Å². The quantitative estimate of drug-likeness (QED) is 0.628. The zero-order chi connectivity index (χ0) is 14.7. The van der Waals surface area contributed by atoms with E-state index in [1.165, 1.54) is 0 Å². The van der Waals surface area contributed by atoms with Crippen molar-refractivity contribution < 1.29 is 9.85 Å². The van der Waals surface area contributed by atoms with E-state index in [9.17, 15) is 20.2 Å². The Kier molecular flexibility index (Phi) is 3.52. The molecule has 100 valence electrons. The molecule has 20 heavy (non-hydrogen) atoms. The standard InChI is InChI=1S/C13H9N3O4/c1-9(10-5-3-2-4-6-10)13-12(16(19)20)7-11(8-14-13)15(17)18/h2-8H,1H2. The minimum absolute atomic E-state index is 0.0202. The average Bonchev–Trinajstić information content (AvgIpc) is 2.46. The molecule has 0 aliphatic carbocycles. The average molecular weight is 271 g/mol. The molecule has 0 bridgehead atoms. The molecule has 7 heteroatoms. The Balaban J connectivity index is 2.54. The fourth-order valence-corrected chi connectivity index (χ4v) is 1.69. The first-order valence-electron chi connectivity index (χ1n) is 5.54. The summed E-state index contributed by atoms with van der Waals surface area (Å²) in [4.78, 5) is 24.1. The van der Waals surface area contributed by atoms with Gasteiger partial charge in [-0.15, -0.1) is 0 Å². The van der Waals surface area contributed by atoms with E-state index in [1.807, 2.05) is 0 Å². The van der Waals surface area contributed by atoms with Crippen LogP contribution < -0.4 is 0 Å². The number of nitro groups is 2. The molecule has 0 spiro atoms. The van der Waals surface area contributed by atoms with Crippen LogP contribution in [0, 0.1) is 20.2 Å². The Bertz CT molecular complexity index is 698. The molecular weight excluding hydrogens is 262 g/mol. The van der Waals surface area contributed by atoms with Gasteiger partial charge < -0.3 is 0 Å². The molecule has 0 radical (unpaired) electrons. The summed E-state index contributed by atoms with van der Waals surface area (Å²) in [5.74, 6) is 0. The van der Waals surface area contributed by atoms with Crippen molar-refractivity contribution in [2.45, 2.75) is 0 Å². The number of rotatable bonds is 4. The molecule has 0 aliphatic heterocycles. The molecule has 0 atom stereocenters. The van der Waals surface area contributed by atoms with Gasteiger partial charge in [0.1, 0.15) is 11.9 Å². The summed E-state index contributed by atoms with van der Waals surface area (Å²) >= 11 is 0. The van der Waals surface area contributed by atoms with Crippen LogP contribution in [0.3, 0.4) is 0 Å². The molecule has 0 fully saturated rings. The van der Waals surface area contributed by atoms with E-state index >= 15 is 0 Å². The van der Waals surface area contributed by atoms with Crippen molar-refractivity contribution >= 4 is 16.9 Å². The van der Waals surface area contributed by atoms with Gasteiger partial charge in [0.25, 0.3) is 5.69 Å². The number of benzene rings is 1. The highest BCUT2D eigenvalue weighted by Gasteiger charge is 2.23. The third kappa shape index (κ3) is 2.51. The van der Waals surface area contributed by atoms with Gasteiger partial charge in [-0.05, 0) is 5.56 Å². The number of nitrogens with zero attached hydrogens (tertiary/aromatic N) is 3. The molecule has 0 saturated heterocycles. The smallest absolute Gasteiger partial charge is 0.258 e. The normalized spacial score (nSPS) is 10.0. The summed E-state index contributed by atoms with van der Waals surface area (Å²) in [6.07, 6.45) is 0.983. The summed E-state index contributed by atoms with van der Waals surface area (Å²) in [7, 11) is 0. The predicted molar refractivity (Wildman–Crippen MR) is 72.1 cm³/mol. The molecule has 1 aromatic carbocycles. The van der Waals surface area contributed by atoms with Crippen LogP contribution in [-0.2, 0) is 0 Å². The molecule has 7 nitrogen and oxygen atoms in total. The number of hydrogen-bond acceptors (Lipinski definition) is 5. The summed E-state index contributed by atoms with van der Waals surface area (Å²) in [5, 5.41) is 21.7. The van der Waals surface area contributed by atoms with Gasteiger partial charge in [0.2, 0.25) is 0 Å². The number of aromatic nitrogens is 1. The van der Waals surface area contributed by atoms with E-state index in [1.54, 1.807) is 30.3 Å². The zero-order valence-corrected chi connectivity index (χ0v) is 10.2. The lowest BCUT2D eigenvalue weighted by Gasteiger charge is -2.05. The molecule has 2 rings (SSSR count). The first-order valence-corrected chi connectivity index (χ1v) is 5.54. The van der Waals surface area contributed by atoms with Crippen LogP contribution in [0.25, 0.3) is 5.57 Å². The van der Waals surface area contributed by atoms with Crippen LogP contribution in [0.1, 0.15) is 11.3 Å². The minimum atomic E-state index is -0.727. The molecular formula is C13H9N3O4. The Hall–Kier alpha value is -3.09. The monoisotopic (exact) mass is 271 g/mol. The van der Waals surface area contributed by atoms with Gasteiger partial charge in [0, 0.05) is 5.57 Å². The third-order valence-electron chi connectivity index (χ3n) is 2.67. The second-order valence-corrected chi connectivity index (χ2v) is 3.92. The highest BCUT2D eigenvalue weighted by molar-refractivity contribution is 5.80. The van der Waals surface area contributed by atoms with Crippen LogP contribution in [0.15, 0.2) is 49.2 Å². The topological polar surface area (TPSA) is 99.2 Å². The second kappa shape index (κ2) is 5.27. The first kappa shape index (κ1) is 13.3. The molecule has 1 aromatic heterocycles. The maximum absolute atomic E-state index is 11.0. The minimum Gasteiger partial charge on any atom is -0.258 e. The molecule has 0 saturated carbocycles. The van der Waals surface area contributed by atoms with Crippen LogP contribution >= 0.6 is 0 Å². The van der Waals surface area contributed by atoms with E-state index < -0.39 is 21.2 Å². The van der Waals surface area contributed by atoms with Gasteiger partial charge >= 0.3 is 5.69 Å².